The van der Waals surface area contributed by atoms with Crippen molar-refractivity contribution in [3.05, 3.63) is 65.7 Å². The van der Waals surface area contributed by atoms with Crippen LogP contribution in [0.5, 0.6) is 5.75 Å². The molecule has 0 spiro atoms. The zero-order valence-electron chi connectivity index (χ0n) is 17.6. The molecule has 1 atom stereocenters. The molecule has 6 heteroatoms. The van der Waals surface area contributed by atoms with Crippen LogP contribution in [0, 0.1) is 11.8 Å². The Kier molecular flexibility index (Phi) is 9.06. The van der Waals surface area contributed by atoms with E-state index in [1.54, 1.807) is 57.4 Å². The Balaban J connectivity index is 2.35. The fourth-order valence-electron chi connectivity index (χ4n) is 3.30. The number of hydrogen-bond donors (Lipinski definition) is 0. The minimum Gasteiger partial charge on any atom is -0.497 e. The molecule has 0 fully saturated rings. The van der Waals surface area contributed by atoms with Gasteiger partial charge < -0.3 is 14.2 Å². The molecule has 0 radical (unpaired) electrons. The van der Waals surface area contributed by atoms with Crippen molar-refractivity contribution < 1.29 is 28.6 Å². The van der Waals surface area contributed by atoms with Crippen molar-refractivity contribution in [1.29, 1.82) is 0 Å². The summed E-state index contributed by atoms with van der Waals surface area (Å²) in [6, 6.07) is 16.1. The normalized spacial score (nSPS) is 11.6. The largest absolute Gasteiger partial charge is 0.497 e. The number of carbonyl (C=O) groups excluding carboxylic acids is 3. The predicted octanol–water partition coefficient (Wildman–Crippen LogP) is 3.87. The second kappa shape index (κ2) is 11.8. The van der Waals surface area contributed by atoms with E-state index in [1.165, 1.54) is 0 Å². The van der Waals surface area contributed by atoms with E-state index < -0.39 is 23.8 Å². The van der Waals surface area contributed by atoms with Gasteiger partial charge in [0.2, 0.25) is 0 Å². The molecular weight excluding hydrogens is 384 g/mol. The molecule has 0 aliphatic carbocycles. The molecule has 0 aliphatic rings. The molecule has 0 aliphatic heterocycles. The molecule has 0 amide bonds. The monoisotopic (exact) mass is 412 g/mol. The van der Waals surface area contributed by atoms with Gasteiger partial charge in [0, 0.05) is 12.0 Å². The lowest BCUT2D eigenvalue weighted by Crippen LogP contribution is -2.36. The molecule has 0 aromatic heterocycles. The van der Waals surface area contributed by atoms with Crippen LogP contribution < -0.4 is 4.74 Å². The third-order valence-electron chi connectivity index (χ3n) is 4.75. The summed E-state index contributed by atoms with van der Waals surface area (Å²) in [6.07, 6.45) is 0.350. The molecule has 0 heterocycles. The van der Waals surface area contributed by atoms with E-state index in [2.05, 4.69) is 0 Å². The highest BCUT2D eigenvalue weighted by Gasteiger charge is 2.38. The van der Waals surface area contributed by atoms with E-state index in [4.69, 9.17) is 14.2 Å². The second-order valence-electron chi connectivity index (χ2n) is 6.79. The maximum atomic E-state index is 12.9. The highest BCUT2D eigenvalue weighted by Crippen LogP contribution is 2.27. The van der Waals surface area contributed by atoms with Crippen molar-refractivity contribution >= 4 is 17.7 Å². The van der Waals surface area contributed by atoms with Crippen molar-refractivity contribution in [2.45, 2.75) is 26.7 Å². The molecule has 6 nitrogen and oxygen atoms in total. The summed E-state index contributed by atoms with van der Waals surface area (Å²) in [4.78, 5) is 38.2. The van der Waals surface area contributed by atoms with Crippen LogP contribution in [0.4, 0.5) is 0 Å². The standard InChI is InChI=1S/C24H28O6/c1-4-29-23(26)22(24(27)30-5-2)19(15-17-11-13-20(28-3)14-12-17)16-21(25)18-9-7-6-8-10-18/h6-14,19,22H,4-5,15-16H2,1-3H3/t19-/m1/s1. The minimum atomic E-state index is -1.18. The molecule has 160 valence electrons. The van der Waals surface area contributed by atoms with E-state index in [0.717, 1.165) is 5.56 Å². The first kappa shape index (κ1) is 23.1. The lowest BCUT2D eigenvalue weighted by Gasteiger charge is -2.24. The van der Waals surface area contributed by atoms with Gasteiger partial charge in [0.15, 0.2) is 11.7 Å². The molecule has 2 aromatic rings. The summed E-state index contributed by atoms with van der Waals surface area (Å²) < 4.78 is 15.5. The smallest absolute Gasteiger partial charge is 0.320 e. The number of methoxy groups -OCH3 is 1. The summed E-state index contributed by atoms with van der Waals surface area (Å²) in [5.74, 6) is -2.58. The van der Waals surface area contributed by atoms with Crippen molar-refractivity contribution in [2.75, 3.05) is 20.3 Å². The molecule has 0 unspecified atom stereocenters. The van der Waals surface area contributed by atoms with Crippen LogP contribution in [0.15, 0.2) is 54.6 Å². The first-order valence-electron chi connectivity index (χ1n) is 10.0. The quantitative estimate of drug-likeness (QED) is 0.317. The molecule has 2 rings (SSSR count). The van der Waals surface area contributed by atoms with Gasteiger partial charge in [-0.2, -0.15) is 0 Å². The third-order valence-corrected chi connectivity index (χ3v) is 4.75. The maximum absolute atomic E-state index is 12.9. The number of carbonyl (C=O) groups is 3. The average molecular weight is 412 g/mol. The van der Waals surface area contributed by atoms with Gasteiger partial charge in [0.1, 0.15) is 5.75 Å². The average Bonchev–Trinajstić information content (AvgIpc) is 2.75. The Bertz CT molecular complexity index is 811. The SMILES string of the molecule is CCOC(=O)C(C(=O)OCC)[C@@H](CC(=O)c1ccccc1)Cc1ccc(OC)cc1. The number of ether oxygens (including phenoxy) is 3. The number of rotatable bonds is 11. The maximum Gasteiger partial charge on any atom is 0.320 e. The lowest BCUT2D eigenvalue weighted by atomic mass is 9.82. The van der Waals surface area contributed by atoms with Crippen molar-refractivity contribution in [3.8, 4) is 5.75 Å². The lowest BCUT2D eigenvalue weighted by molar-refractivity contribution is -0.164. The van der Waals surface area contributed by atoms with Crippen LogP contribution in [0.25, 0.3) is 0 Å². The molecular formula is C24H28O6. The van der Waals surface area contributed by atoms with Crippen LogP contribution in [-0.2, 0) is 25.5 Å². The third kappa shape index (κ3) is 6.44. The fraction of sp³-hybridized carbons (Fsp3) is 0.375. The summed E-state index contributed by atoms with van der Waals surface area (Å²) in [7, 11) is 1.58. The van der Waals surface area contributed by atoms with E-state index in [0.29, 0.717) is 17.7 Å². The van der Waals surface area contributed by atoms with Crippen molar-refractivity contribution in [1.82, 2.24) is 0 Å². The molecule has 0 bridgehead atoms. The first-order chi connectivity index (χ1) is 14.5. The van der Waals surface area contributed by atoms with Gasteiger partial charge in [-0.25, -0.2) is 0 Å². The number of ketones is 1. The topological polar surface area (TPSA) is 78.9 Å². The Morgan fingerprint density at radius 2 is 1.40 bits per heavy atom. The molecule has 2 aromatic carbocycles. The Labute approximate surface area is 177 Å². The molecule has 30 heavy (non-hydrogen) atoms. The molecule has 0 saturated carbocycles. The van der Waals surface area contributed by atoms with Crippen LogP contribution in [0.1, 0.15) is 36.2 Å². The highest BCUT2D eigenvalue weighted by molar-refractivity contribution is 5.99. The molecule has 0 saturated heterocycles. The van der Waals surface area contributed by atoms with Gasteiger partial charge in [-0.15, -0.1) is 0 Å². The Hall–Kier alpha value is -3.15. The van der Waals surface area contributed by atoms with Gasteiger partial charge in [-0.3, -0.25) is 14.4 Å². The summed E-state index contributed by atoms with van der Waals surface area (Å²) in [5.41, 5.74) is 1.41. The zero-order chi connectivity index (χ0) is 21.9. The Morgan fingerprint density at radius 1 is 0.833 bits per heavy atom. The number of hydrogen-bond acceptors (Lipinski definition) is 6. The van der Waals surface area contributed by atoms with Gasteiger partial charge >= 0.3 is 11.9 Å². The highest BCUT2D eigenvalue weighted by atomic mass is 16.6. The number of esters is 2. The predicted molar refractivity (Wildman–Crippen MR) is 112 cm³/mol. The van der Waals surface area contributed by atoms with Gasteiger partial charge in [-0.1, -0.05) is 42.5 Å². The van der Waals surface area contributed by atoms with Crippen LogP contribution in [0.2, 0.25) is 0 Å². The summed E-state index contributed by atoms with van der Waals surface area (Å²) >= 11 is 0. The van der Waals surface area contributed by atoms with Crippen LogP contribution >= 0.6 is 0 Å². The molecule has 0 N–H and O–H groups in total. The van der Waals surface area contributed by atoms with Crippen LogP contribution in [-0.4, -0.2) is 38.0 Å². The first-order valence-corrected chi connectivity index (χ1v) is 10.0. The summed E-state index contributed by atoms with van der Waals surface area (Å²) in [6.45, 7) is 3.62. The van der Waals surface area contributed by atoms with Crippen molar-refractivity contribution in [3.63, 3.8) is 0 Å². The zero-order valence-corrected chi connectivity index (χ0v) is 17.6. The fourth-order valence-corrected chi connectivity index (χ4v) is 3.30. The van der Waals surface area contributed by atoms with Crippen LogP contribution in [0.3, 0.4) is 0 Å². The van der Waals surface area contributed by atoms with Gasteiger partial charge in [-0.05, 0) is 43.9 Å². The van der Waals surface area contributed by atoms with E-state index >= 15 is 0 Å². The van der Waals surface area contributed by atoms with Crippen molar-refractivity contribution in [2.24, 2.45) is 11.8 Å². The van der Waals surface area contributed by atoms with E-state index in [-0.39, 0.29) is 25.4 Å². The van der Waals surface area contributed by atoms with E-state index in [1.807, 2.05) is 18.2 Å². The van der Waals surface area contributed by atoms with Gasteiger partial charge in [0.25, 0.3) is 0 Å². The number of Topliss-reactive ketones (excluding diaryl/α,β-unsaturated/α-hetero) is 1. The van der Waals surface area contributed by atoms with E-state index in [9.17, 15) is 14.4 Å². The second-order valence-corrected chi connectivity index (χ2v) is 6.79. The summed E-state index contributed by atoms with van der Waals surface area (Å²) in [5, 5.41) is 0. The number of benzene rings is 2. The Morgan fingerprint density at radius 3 is 1.90 bits per heavy atom. The van der Waals surface area contributed by atoms with Gasteiger partial charge in [0.05, 0.1) is 20.3 Å². The minimum absolute atomic E-state index is 0.0122.